The normalized spacial score (nSPS) is 28.2. The maximum atomic E-state index is 12.8. The van der Waals surface area contributed by atoms with Crippen LogP contribution in [0, 0.1) is 12.8 Å². The Hall–Kier alpha value is -1.91. The van der Waals surface area contributed by atoms with Crippen molar-refractivity contribution in [3.63, 3.8) is 0 Å². The number of amides is 1. The predicted molar refractivity (Wildman–Crippen MR) is 76.9 cm³/mol. The lowest BCUT2D eigenvalue weighted by atomic mass is 9.84. The molecule has 3 atom stereocenters. The third-order valence-corrected chi connectivity index (χ3v) is 4.72. The van der Waals surface area contributed by atoms with Crippen LogP contribution in [0.25, 0.3) is 0 Å². The smallest absolute Gasteiger partial charge is 0.326 e. The summed E-state index contributed by atoms with van der Waals surface area (Å²) in [5, 5.41) is 9.47. The van der Waals surface area contributed by atoms with E-state index in [4.69, 9.17) is 0 Å². The molecule has 5 nitrogen and oxygen atoms in total. The molecule has 1 saturated heterocycles. The van der Waals surface area contributed by atoms with Gasteiger partial charge in [0, 0.05) is 11.7 Å². The molecule has 1 saturated carbocycles. The van der Waals surface area contributed by atoms with Crippen molar-refractivity contribution in [2.45, 2.75) is 51.1 Å². The van der Waals surface area contributed by atoms with Gasteiger partial charge in [0.25, 0.3) is 5.91 Å². The van der Waals surface area contributed by atoms with E-state index < -0.39 is 12.0 Å². The monoisotopic (exact) mass is 288 g/mol. The molecule has 1 N–H and O–H groups in total. The van der Waals surface area contributed by atoms with Crippen LogP contribution in [0.15, 0.2) is 18.2 Å². The summed E-state index contributed by atoms with van der Waals surface area (Å²) < 4.78 is 0. The van der Waals surface area contributed by atoms with Crippen LogP contribution in [-0.2, 0) is 4.79 Å². The highest BCUT2D eigenvalue weighted by Crippen LogP contribution is 2.40. The number of aryl methyl sites for hydroxylation is 1. The van der Waals surface area contributed by atoms with Crippen LogP contribution >= 0.6 is 0 Å². The number of aliphatic carboxylic acids is 1. The number of nitrogens with zero attached hydrogens (tertiary/aromatic N) is 2. The zero-order valence-corrected chi connectivity index (χ0v) is 12.2. The highest BCUT2D eigenvalue weighted by molar-refractivity contribution is 5.95. The number of pyridine rings is 1. The second kappa shape index (κ2) is 5.47. The van der Waals surface area contributed by atoms with Gasteiger partial charge in [-0.15, -0.1) is 0 Å². The lowest BCUT2D eigenvalue weighted by Crippen LogP contribution is -2.46. The summed E-state index contributed by atoms with van der Waals surface area (Å²) in [6, 6.07) is 4.66. The Morgan fingerprint density at radius 2 is 2.05 bits per heavy atom. The van der Waals surface area contributed by atoms with Crippen molar-refractivity contribution in [3.8, 4) is 0 Å². The molecular weight excluding hydrogens is 268 g/mol. The average Bonchev–Trinajstić information content (AvgIpc) is 2.86. The number of aromatic nitrogens is 1. The van der Waals surface area contributed by atoms with Crippen LogP contribution in [0.3, 0.4) is 0 Å². The zero-order chi connectivity index (χ0) is 15.0. The van der Waals surface area contributed by atoms with E-state index in [-0.39, 0.29) is 11.9 Å². The molecule has 112 valence electrons. The minimum Gasteiger partial charge on any atom is -0.480 e. The Bertz CT molecular complexity index is 572. The predicted octanol–water partition coefficient (Wildman–Crippen LogP) is 2.25. The van der Waals surface area contributed by atoms with Crippen LogP contribution < -0.4 is 0 Å². The molecule has 2 heterocycles. The van der Waals surface area contributed by atoms with Gasteiger partial charge >= 0.3 is 5.97 Å². The zero-order valence-electron chi connectivity index (χ0n) is 12.2. The van der Waals surface area contributed by atoms with E-state index >= 15 is 0 Å². The Labute approximate surface area is 124 Å². The van der Waals surface area contributed by atoms with E-state index in [9.17, 15) is 14.7 Å². The molecule has 2 fully saturated rings. The van der Waals surface area contributed by atoms with Gasteiger partial charge < -0.3 is 10.0 Å². The van der Waals surface area contributed by atoms with Crippen LogP contribution in [0.5, 0.6) is 0 Å². The average molecular weight is 288 g/mol. The van der Waals surface area contributed by atoms with Gasteiger partial charge in [0.15, 0.2) is 0 Å². The highest BCUT2D eigenvalue weighted by Gasteiger charge is 2.47. The summed E-state index contributed by atoms with van der Waals surface area (Å²) >= 11 is 0. The minimum atomic E-state index is -0.898. The van der Waals surface area contributed by atoms with Crippen LogP contribution in [0.2, 0.25) is 0 Å². The maximum absolute atomic E-state index is 12.8. The first-order valence-electron chi connectivity index (χ1n) is 7.57. The van der Waals surface area contributed by atoms with E-state index in [0.29, 0.717) is 18.0 Å². The van der Waals surface area contributed by atoms with Gasteiger partial charge in [0.1, 0.15) is 11.7 Å². The molecule has 21 heavy (non-hydrogen) atoms. The molecular formula is C16H20N2O3. The van der Waals surface area contributed by atoms with Crippen LogP contribution in [0.1, 0.15) is 48.3 Å². The molecule has 1 aromatic rings. The molecule has 0 unspecified atom stereocenters. The number of carbonyl (C=O) groups is 2. The van der Waals surface area contributed by atoms with Gasteiger partial charge in [0.05, 0.1) is 0 Å². The summed E-state index contributed by atoms with van der Waals surface area (Å²) in [5.74, 6) is -0.806. The van der Waals surface area contributed by atoms with Gasteiger partial charge in [0.2, 0.25) is 0 Å². The highest BCUT2D eigenvalue weighted by atomic mass is 16.4. The van der Waals surface area contributed by atoms with Crippen molar-refractivity contribution in [2.24, 2.45) is 5.92 Å². The van der Waals surface area contributed by atoms with Gasteiger partial charge in [-0.2, -0.15) is 0 Å². The summed E-state index contributed by atoms with van der Waals surface area (Å²) in [7, 11) is 0. The molecule has 5 heteroatoms. The number of carbonyl (C=O) groups excluding carboxylic acids is 1. The summed E-state index contributed by atoms with van der Waals surface area (Å²) in [6.45, 7) is 1.83. The first-order chi connectivity index (χ1) is 10.1. The summed E-state index contributed by atoms with van der Waals surface area (Å²) in [6.07, 6.45) is 4.72. The second-order valence-electron chi connectivity index (χ2n) is 6.08. The lowest BCUT2D eigenvalue weighted by molar-refractivity contribution is -0.141. The number of fused-ring (bicyclic) bond motifs is 1. The molecule has 1 amide bonds. The third kappa shape index (κ3) is 2.52. The fourth-order valence-electron chi connectivity index (χ4n) is 3.77. The van der Waals surface area contributed by atoms with E-state index in [1.165, 1.54) is 0 Å². The van der Waals surface area contributed by atoms with Crippen molar-refractivity contribution in [1.82, 2.24) is 9.88 Å². The molecule has 1 aliphatic heterocycles. The SMILES string of the molecule is Cc1cccc(C(=O)N2[C@H](C(=O)O)C[C@H]3CCCC[C@@H]32)n1. The molecule has 2 aliphatic rings. The second-order valence-corrected chi connectivity index (χ2v) is 6.08. The molecule has 1 aromatic heterocycles. The molecule has 1 aliphatic carbocycles. The largest absolute Gasteiger partial charge is 0.480 e. The Kier molecular flexibility index (Phi) is 3.66. The van der Waals surface area contributed by atoms with E-state index in [0.717, 1.165) is 31.4 Å². The quantitative estimate of drug-likeness (QED) is 0.906. The molecule has 3 rings (SSSR count). The number of likely N-dealkylation sites (tertiary alicyclic amines) is 1. The van der Waals surface area contributed by atoms with Gasteiger partial charge in [-0.1, -0.05) is 18.9 Å². The third-order valence-electron chi connectivity index (χ3n) is 4.72. The number of hydrogen-bond donors (Lipinski definition) is 1. The fourth-order valence-corrected chi connectivity index (χ4v) is 3.77. The van der Waals surface area contributed by atoms with Crippen LogP contribution in [0.4, 0.5) is 0 Å². The van der Waals surface area contributed by atoms with Crippen LogP contribution in [-0.4, -0.2) is 39.0 Å². The fraction of sp³-hybridized carbons (Fsp3) is 0.562. The number of hydrogen-bond acceptors (Lipinski definition) is 3. The first-order valence-corrected chi connectivity index (χ1v) is 7.57. The Morgan fingerprint density at radius 3 is 2.76 bits per heavy atom. The minimum absolute atomic E-state index is 0.0645. The number of rotatable bonds is 2. The Balaban J connectivity index is 1.92. The van der Waals surface area contributed by atoms with E-state index in [1.54, 1.807) is 17.0 Å². The molecule has 0 aromatic carbocycles. The number of carboxylic acids is 1. The van der Waals surface area contributed by atoms with E-state index in [1.807, 2.05) is 13.0 Å². The number of carboxylic acid groups (broad SMARTS) is 1. The standard InChI is InChI=1S/C16H20N2O3/c1-10-5-4-7-12(17-10)15(19)18-13-8-3-2-6-11(13)9-14(18)16(20)21/h4-5,7,11,13-14H,2-3,6,8-9H2,1H3,(H,20,21)/t11-,13+,14+/m1/s1. The molecule has 0 bridgehead atoms. The van der Waals surface area contributed by atoms with Gasteiger partial charge in [-0.3, -0.25) is 4.79 Å². The lowest BCUT2D eigenvalue weighted by Gasteiger charge is -2.32. The van der Waals surface area contributed by atoms with E-state index in [2.05, 4.69) is 4.98 Å². The maximum Gasteiger partial charge on any atom is 0.326 e. The molecule has 0 radical (unpaired) electrons. The Morgan fingerprint density at radius 1 is 1.29 bits per heavy atom. The van der Waals surface area contributed by atoms with Crippen molar-refractivity contribution < 1.29 is 14.7 Å². The van der Waals surface area contributed by atoms with Crippen molar-refractivity contribution in [1.29, 1.82) is 0 Å². The summed E-state index contributed by atoms with van der Waals surface area (Å²) in [4.78, 5) is 30.2. The first kappa shape index (κ1) is 14.0. The van der Waals surface area contributed by atoms with Gasteiger partial charge in [-0.25, -0.2) is 9.78 Å². The topological polar surface area (TPSA) is 70.5 Å². The van der Waals surface area contributed by atoms with Crippen molar-refractivity contribution in [2.75, 3.05) is 0 Å². The van der Waals surface area contributed by atoms with Crippen molar-refractivity contribution >= 4 is 11.9 Å². The molecule has 0 spiro atoms. The summed E-state index contributed by atoms with van der Waals surface area (Å²) in [5.41, 5.74) is 1.12. The van der Waals surface area contributed by atoms with Crippen molar-refractivity contribution in [3.05, 3.63) is 29.6 Å². The van der Waals surface area contributed by atoms with Gasteiger partial charge in [-0.05, 0) is 44.2 Å².